The number of allylic oxidation sites excluding steroid dienone is 3. The van der Waals surface area contributed by atoms with Crippen LogP contribution in [0.1, 0.15) is 117 Å². The van der Waals surface area contributed by atoms with Crippen molar-refractivity contribution in [2.45, 2.75) is 103 Å². The minimum absolute atomic E-state index is 0. The van der Waals surface area contributed by atoms with Crippen LogP contribution in [-0.4, -0.2) is 97.8 Å². The number of carboxylic acids is 1. The van der Waals surface area contributed by atoms with Crippen molar-refractivity contribution in [2.24, 2.45) is 62.0 Å². The van der Waals surface area contributed by atoms with E-state index in [1.54, 1.807) is 0 Å². The van der Waals surface area contributed by atoms with Crippen LogP contribution in [0.15, 0.2) is 113 Å². The predicted octanol–water partition coefficient (Wildman–Crippen LogP) is 11.7. The van der Waals surface area contributed by atoms with Crippen molar-refractivity contribution in [1.82, 2.24) is 28.4 Å². The summed E-state index contributed by atoms with van der Waals surface area (Å²) in [5, 5.41) is 16.0. The van der Waals surface area contributed by atoms with E-state index in [0.717, 1.165) is 129 Å². The molecule has 6 aromatic rings. The largest absolute Gasteiger partial charge is 0.607 e. The van der Waals surface area contributed by atoms with Gasteiger partial charge in [-0.3, -0.25) is 14.7 Å². The average Bonchev–Trinajstić information content (AvgIpc) is 1.83. The van der Waals surface area contributed by atoms with E-state index in [0.29, 0.717) is 53.8 Å². The summed E-state index contributed by atoms with van der Waals surface area (Å²) in [7, 11) is 8.01. The molecule has 16 nitrogen and oxygen atoms in total. The van der Waals surface area contributed by atoms with E-state index >= 15 is 0 Å². The van der Waals surface area contributed by atoms with Crippen LogP contribution in [0.5, 0.6) is 0 Å². The molecule has 0 saturated carbocycles. The van der Waals surface area contributed by atoms with Crippen LogP contribution in [0, 0.1) is 54.0 Å². The Morgan fingerprint density at radius 1 is 0.529 bits per heavy atom. The number of carbonyl (C=O) groups is 3. The van der Waals surface area contributed by atoms with Crippen molar-refractivity contribution in [3.63, 3.8) is 0 Å². The van der Waals surface area contributed by atoms with Gasteiger partial charge in [0.25, 0.3) is 0 Å². The Morgan fingerprint density at radius 2 is 0.862 bits per heavy atom. The molecule has 2 radical (unpaired) electrons. The topological polar surface area (TPSA) is 162 Å². The molecule has 20 heteroatoms. The first-order valence-corrected chi connectivity index (χ1v) is 29.8. The van der Waals surface area contributed by atoms with E-state index in [-0.39, 0.29) is 72.0 Å². The van der Waals surface area contributed by atoms with Gasteiger partial charge in [-0.05, 0) is 154 Å². The van der Waals surface area contributed by atoms with Crippen molar-refractivity contribution in [1.29, 1.82) is 0 Å². The second kappa shape index (κ2) is 27.2. The van der Waals surface area contributed by atoms with Gasteiger partial charge in [0.1, 0.15) is 5.34 Å². The fourth-order valence-electron chi connectivity index (χ4n) is 17.2. The zero-order valence-corrected chi connectivity index (χ0v) is 68.0. The Kier molecular flexibility index (Phi) is 20.5. The summed E-state index contributed by atoms with van der Waals surface area (Å²) < 4.78 is 22.1. The zero-order valence-electron chi connectivity index (χ0n) is 49.8. The molecule has 0 spiro atoms. The quantitative estimate of drug-likeness (QED) is 0.0505. The van der Waals surface area contributed by atoms with Gasteiger partial charge in [0.05, 0.1) is 18.1 Å². The molecule has 87 heavy (non-hydrogen) atoms. The van der Waals surface area contributed by atoms with Crippen LogP contribution in [0.2, 0.25) is 0 Å². The number of methoxy groups -OCH3 is 1. The smallest absolute Gasteiger partial charge is 0.331 e. The van der Waals surface area contributed by atoms with Gasteiger partial charge in [-0.15, -0.1) is 4.91 Å². The summed E-state index contributed by atoms with van der Waals surface area (Å²) in [5.41, 5.74) is 14.8. The second-order valence-corrected chi connectivity index (χ2v) is 24.3. The van der Waals surface area contributed by atoms with Crippen molar-refractivity contribution >= 4 is 50.6 Å². The maximum atomic E-state index is 12.6. The molecule has 0 bridgehead atoms. The maximum Gasteiger partial charge on any atom is 0.331 e. The Hall–Kier alpha value is -7.53. The summed E-state index contributed by atoms with van der Waals surface area (Å²) >= 11 is 0. The van der Waals surface area contributed by atoms with E-state index in [9.17, 15) is 24.4 Å². The summed E-state index contributed by atoms with van der Waals surface area (Å²) in [6, 6.07) is 27.0. The van der Waals surface area contributed by atoms with Crippen LogP contribution in [0.25, 0.3) is 32.7 Å². The van der Waals surface area contributed by atoms with Crippen LogP contribution in [-0.2, 0) is 115 Å². The molecule has 3 aromatic heterocycles. The molecule has 9 atom stereocenters. The Bertz CT molecular complexity index is 3590. The van der Waals surface area contributed by atoms with Gasteiger partial charge >= 0.3 is 17.9 Å². The van der Waals surface area contributed by atoms with Gasteiger partial charge in [-0.1, -0.05) is 80.3 Å². The first-order chi connectivity index (χ1) is 40.0. The number of ether oxygens (including phenoxy) is 3. The molecule has 0 amide bonds. The van der Waals surface area contributed by atoms with Crippen molar-refractivity contribution in [3.05, 3.63) is 160 Å². The molecule has 3 fully saturated rings. The van der Waals surface area contributed by atoms with Crippen LogP contribution in [0.4, 0.5) is 0 Å². The number of benzene rings is 3. The number of carbonyl (C=O) groups excluding carboxylic acids is 2. The van der Waals surface area contributed by atoms with Crippen LogP contribution < -0.4 is 0 Å². The number of aromatic nitrogens is 3. The van der Waals surface area contributed by atoms with Crippen LogP contribution >= 0.6 is 0 Å². The first kappa shape index (κ1) is 65.5. The SMILES string of the molecule is C.CO[CH-]OC(=O)C1=CCCC2CN3CCc4c(n(C)c5ccccc45)C3CC12.Cn1c2c(c3ccccc31)CCN1CC3CCC=C(C(=O)O)C3CC21.Cn1c2c(c3ccccc31)CCN1CC3CCC=C(C(=O)O[CH-]ON=O)C3CC21.[Re].[Re].[Rf].[Rf]. The molecule has 3 saturated heterocycles. The zero-order chi connectivity index (χ0) is 56.3. The van der Waals surface area contributed by atoms with E-state index in [4.69, 9.17) is 14.2 Å². The normalized spacial score (nSPS) is 25.7. The number of hydrogen-bond acceptors (Lipinski definition) is 12. The summed E-state index contributed by atoms with van der Waals surface area (Å²) in [6.07, 6.45) is 18.3. The summed E-state index contributed by atoms with van der Waals surface area (Å²) in [6.45, 7) is 8.21. The van der Waals surface area contributed by atoms with Gasteiger partial charge in [0.15, 0.2) is 0 Å². The molecule has 456 valence electrons. The monoisotopic (exact) mass is 2030 g/mol. The number of esters is 2. The number of piperidine rings is 3. The molecule has 9 heterocycles. The van der Waals surface area contributed by atoms with E-state index in [2.05, 4.69) is 139 Å². The number of aryl methyl sites for hydroxylation is 3. The number of para-hydroxylation sites is 3. The number of carboxylic acid groups (broad SMARTS) is 1. The molecule has 1 N–H and O–H groups in total. The van der Waals surface area contributed by atoms with E-state index < -0.39 is 11.9 Å². The van der Waals surface area contributed by atoms with Crippen molar-refractivity contribution in [3.8, 4) is 0 Å². The molecule has 9 aliphatic rings. The fourth-order valence-corrected chi connectivity index (χ4v) is 17.2. The molecule has 9 unspecified atom stereocenters. The average molecular weight is 2030 g/mol. The number of hydrogen-bond donors (Lipinski definition) is 1. The van der Waals surface area contributed by atoms with E-state index in [1.807, 2.05) is 12.2 Å². The Labute approximate surface area is 526 Å². The van der Waals surface area contributed by atoms with Crippen molar-refractivity contribution < 1.29 is 79.4 Å². The van der Waals surface area contributed by atoms with Gasteiger partial charge in [-0.25, -0.2) is 14.4 Å². The fraction of sp³-hybridized carbons (Fsp3) is 0.478. The molecule has 6 aliphatic heterocycles. The third kappa shape index (κ3) is 11.5. The van der Waals surface area contributed by atoms with Gasteiger partial charge in [-0.2, -0.15) is 0 Å². The second-order valence-electron chi connectivity index (χ2n) is 24.3. The van der Waals surface area contributed by atoms with Gasteiger partial charge in [0, 0.05) is 182 Å². The predicted molar refractivity (Wildman–Crippen MR) is 319 cm³/mol. The minimum atomic E-state index is -0.712. The van der Waals surface area contributed by atoms with Gasteiger partial charge in [0.2, 0.25) is 0 Å². The maximum absolute atomic E-state index is 12.6. The third-order valence-corrected chi connectivity index (χ3v) is 20.7. The number of fused-ring (bicyclic) bond motifs is 18. The molecule has 3 aromatic carbocycles. The third-order valence-electron chi connectivity index (χ3n) is 20.7. The number of aliphatic carboxylic acids is 1. The minimum Gasteiger partial charge on any atom is -0.607 e. The Morgan fingerprint density at radius 3 is 1.21 bits per heavy atom. The van der Waals surface area contributed by atoms with Gasteiger partial charge < -0.3 is 37.9 Å². The summed E-state index contributed by atoms with van der Waals surface area (Å²) in [5.74, 6) is 0.692. The Balaban J connectivity index is 0.000000165. The molecule has 15 rings (SSSR count). The van der Waals surface area contributed by atoms with Crippen molar-refractivity contribution in [2.75, 3.05) is 46.4 Å². The standard InChI is InChI=1S/C23H27N2O3.C22H24N3O4.C21H24N2O2.CH4.2Re.2Rf/c1-24-20-9-4-3-7-16(20)17-10-11-25-13-15-6-5-8-18(23(26)28-14-27-2)19(15)12-21(25)22(17)24;1-24-19-8-3-2-6-15(19)16-9-10-25-12-14-5-4-7-17(22(26)28-13-29-23-27)18(14)11-20(25)21(16)24;1-22-18-8-3-2-6-14(18)15-9-10-23-12-13-5-4-7-16(21(24)25)17(13)11-19(23)20(15)22;;;;;/h3-4,7-9,14-15,19,21H,5-6,10-13H2,1-2H3;2-3,6-8,13-14,18,20H,4-5,9-12H2,1H3;2-3,6-8,13,17,19H,4-5,9-12H2,1H3,(H,24,25);1H4;;;;/q2*-1;;;;;;. The molecule has 3 aliphatic carbocycles. The molecular formula is C67H79N7O9Re2Rf2-2. The first-order valence-electron chi connectivity index (χ1n) is 29.8. The number of nitrogens with zero attached hydrogens (tertiary/aromatic N) is 7. The van der Waals surface area contributed by atoms with Crippen LogP contribution in [0.3, 0.4) is 0 Å². The number of rotatable bonds is 8. The molecular weight excluding hydrogens is 1950 g/mol. The summed E-state index contributed by atoms with van der Waals surface area (Å²) in [4.78, 5) is 59.0. The van der Waals surface area contributed by atoms with E-state index in [1.165, 1.54) is 73.6 Å².